The molecule has 3 amide bonds. The monoisotopic (exact) mass is 375 g/mol. The number of rotatable bonds is 5. The Morgan fingerprint density at radius 2 is 1.73 bits per heavy atom. The van der Waals surface area contributed by atoms with Crippen LogP contribution in [-0.4, -0.2) is 24.0 Å². The third-order valence-electron chi connectivity index (χ3n) is 6.16. The van der Waals surface area contributed by atoms with Crippen LogP contribution in [0.5, 0.6) is 0 Å². The predicted molar refractivity (Wildman–Crippen MR) is 102 cm³/mol. The van der Waals surface area contributed by atoms with Crippen molar-refractivity contribution in [1.82, 2.24) is 10.6 Å². The molecule has 0 unspecified atom stereocenters. The van der Waals surface area contributed by atoms with E-state index in [-0.39, 0.29) is 23.9 Å². The lowest BCUT2D eigenvalue weighted by atomic mass is 9.53. The van der Waals surface area contributed by atoms with Gasteiger partial charge in [-0.2, -0.15) is 0 Å². The molecule has 3 N–H and O–H groups in total. The number of hydrogen-bond acceptors (Lipinski definition) is 2. The van der Waals surface area contributed by atoms with Gasteiger partial charge in [0.1, 0.15) is 0 Å². The second kappa shape index (κ2) is 7.10. The van der Waals surface area contributed by atoms with E-state index in [0.29, 0.717) is 17.3 Å². The van der Waals surface area contributed by atoms with Gasteiger partial charge >= 0.3 is 6.03 Å². The Morgan fingerprint density at radius 1 is 1.08 bits per heavy atom. The van der Waals surface area contributed by atoms with Crippen LogP contribution in [0.25, 0.3) is 0 Å². The van der Waals surface area contributed by atoms with Gasteiger partial charge in [0, 0.05) is 29.2 Å². The van der Waals surface area contributed by atoms with Crippen molar-refractivity contribution in [2.75, 3.05) is 11.9 Å². The highest BCUT2D eigenvalue weighted by Gasteiger charge is 2.51. The van der Waals surface area contributed by atoms with Gasteiger partial charge < -0.3 is 16.0 Å². The Bertz CT molecular complexity index is 671. The normalized spacial score (nSPS) is 31.5. The van der Waals surface area contributed by atoms with E-state index in [2.05, 4.69) is 16.0 Å². The number of carbonyl (C=O) groups excluding carboxylic acids is 2. The number of carbonyl (C=O) groups is 2. The highest BCUT2D eigenvalue weighted by Crippen LogP contribution is 2.55. The SMILES string of the molecule is O=C(CCNC(=O)NC12CC3CC(CC(C3)C1)C2)Nc1cccc(Cl)c1. The summed E-state index contributed by atoms with van der Waals surface area (Å²) in [5, 5.41) is 9.47. The predicted octanol–water partition coefficient (Wildman–Crippen LogP) is 3.94. The summed E-state index contributed by atoms with van der Waals surface area (Å²) in [5.74, 6) is 2.25. The third-order valence-corrected chi connectivity index (χ3v) is 6.40. The van der Waals surface area contributed by atoms with Crippen LogP contribution in [0, 0.1) is 17.8 Å². The summed E-state index contributed by atoms with van der Waals surface area (Å²) in [5.41, 5.74) is 0.669. The van der Waals surface area contributed by atoms with Gasteiger partial charge in [-0.3, -0.25) is 4.79 Å². The Labute approximate surface area is 159 Å². The van der Waals surface area contributed by atoms with Crippen LogP contribution in [-0.2, 0) is 4.79 Å². The Balaban J connectivity index is 1.21. The van der Waals surface area contributed by atoms with Gasteiger partial charge in [0.2, 0.25) is 5.91 Å². The van der Waals surface area contributed by atoms with Crippen LogP contribution in [0.15, 0.2) is 24.3 Å². The second-order valence-electron chi connectivity index (χ2n) is 8.39. The smallest absolute Gasteiger partial charge is 0.315 e. The summed E-state index contributed by atoms with van der Waals surface area (Å²) in [4.78, 5) is 24.3. The summed E-state index contributed by atoms with van der Waals surface area (Å²) in [6.07, 6.45) is 7.68. The van der Waals surface area contributed by atoms with Crippen LogP contribution in [0.2, 0.25) is 5.02 Å². The Hall–Kier alpha value is -1.75. The summed E-state index contributed by atoms with van der Waals surface area (Å²) in [6, 6.07) is 6.90. The van der Waals surface area contributed by atoms with Crippen molar-refractivity contribution in [2.45, 2.75) is 50.5 Å². The minimum Gasteiger partial charge on any atom is -0.338 e. The standard InChI is InChI=1S/C20H26ClN3O2/c21-16-2-1-3-17(9-16)23-18(25)4-5-22-19(26)24-20-10-13-6-14(11-20)8-15(7-13)12-20/h1-3,9,13-15H,4-8,10-12H2,(H,23,25)(H2,22,24,26). The zero-order valence-corrected chi connectivity index (χ0v) is 15.6. The fourth-order valence-corrected chi connectivity index (χ4v) is 5.82. The molecule has 5 nitrogen and oxygen atoms in total. The first-order chi connectivity index (χ1) is 12.5. The van der Waals surface area contributed by atoms with Crippen LogP contribution in [0.1, 0.15) is 44.9 Å². The molecule has 0 atom stereocenters. The minimum atomic E-state index is -0.137. The van der Waals surface area contributed by atoms with Gasteiger partial charge in [-0.15, -0.1) is 0 Å². The molecule has 0 aliphatic heterocycles. The quantitative estimate of drug-likeness (QED) is 0.729. The van der Waals surface area contributed by atoms with E-state index in [4.69, 9.17) is 11.6 Å². The summed E-state index contributed by atoms with van der Waals surface area (Å²) in [6.45, 7) is 0.324. The first-order valence-corrected chi connectivity index (χ1v) is 9.99. The van der Waals surface area contributed by atoms with E-state index in [0.717, 1.165) is 37.0 Å². The van der Waals surface area contributed by atoms with Crippen molar-refractivity contribution in [2.24, 2.45) is 17.8 Å². The van der Waals surface area contributed by atoms with Crippen LogP contribution < -0.4 is 16.0 Å². The van der Waals surface area contributed by atoms with Crippen LogP contribution in [0.3, 0.4) is 0 Å². The number of halogens is 1. The molecule has 4 aliphatic carbocycles. The van der Waals surface area contributed by atoms with E-state index < -0.39 is 0 Å². The first-order valence-electron chi connectivity index (χ1n) is 9.61. The van der Waals surface area contributed by atoms with E-state index in [1.165, 1.54) is 19.3 Å². The molecular weight excluding hydrogens is 350 g/mol. The third kappa shape index (κ3) is 3.98. The number of hydrogen-bond donors (Lipinski definition) is 3. The lowest BCUT2D eigenvalue weighted by Gasteiger charge is -2.56. The fourth-order valence-electron chi connectivity index (χ4n) is 5.63. The zero-order valence-electron chi connectivity index (χ0n) is 14.9. The Morgan fingerprint density at radius 3 is 2.35 bits per heavy atom. The van der Waals surface area contributed by atoms with E-state index >= 15 is 0 Å². The molecule has 140 valence electrons. The number of benzene rings is 1. The molecule has 0 aromatic heterocycles. The van der Waals surface area contributed by atoms with Crippen molar-refractivity contribution in [1.29, 1.82) is 0 Å². The molecule has 1 aromatic carbocycles. The lowest BCUT2D eigenvalue weighted by molar-refractivity contribution is -0.116. The van der Waals surface area contributed by atoms with Gasteiger partial charge in [0.25, 0.3) is 0 Å². The van der Waals surface area contributed by atoms with Crippen molar-refractivity contribution in [3.63, 3.8) is 0 Å². The maximum Gasteiger partial charge on any atom is 0.315 e. The van der Waals surface area contributed by atoms with Gasteiger partial charge in [-0.05, 0) is 74.5 Å². The minimum absolute atomic E-state index is 0.00187. The number of amides is 3. The molecule has 0 heterocycles. The molecule has 0 spiro atoms. The summed E-state index contributed by atoms with van der Waals surface area (Å²) in [7, 11) is 0. The maximum absolute atomic E-state index is 12.3. The topological polar surface area (TPSA) is 70.2 Å². The second-order valence-corrected chi connectivity index (χ2v) is 8.82. The zero-order chi connectivity index (χ0) is 18.1. The van der Waals surface area contributed by atoms with E-state index in [1.807, 2.05) is 0 Å². The number of anilines is 1. The lowest BCUT2D eigenvalue weighted by Crippen LogP contribution is -2.61. The molecule has 6 heteroatoms. The summed E-state index contributed by atoms with van der Waals surface area (Å²) >= 11 is 5.91. The molecule has 0 radical (unpaired) electrons. The molecule has 4 aliphatic rings. The van der Waals surface area contributed by atoms with Gasteiger partial charge in [-0.25, -0.2) is 4.79 Å². The van der Waals surface area contributed by atoms with Gasteiger partial charge in [0.05, 0.1) is 0 Å². The number of urea groups is 1. The molecule has 4 bridgehead atoms. The summed E-state index contributed by atoms with van der Waals surface area (Å²) < 4.78 is 0. The van der Waals surface area contributed by atoms with Crippen molar-refractivity contribution in [3.05, 3.63) is 29.3 Å². The fraction of sp³-hybridized carbons (Fsp3) is 0.600. The highest BCUT2D eigenvalue weighted by molar-refractivity contribution is 6.30. The molecule has 4 fully saturated rings. The number of nitrogens with one attached hydrogen (secondary N) is 3. The average Bonchev–Trinajstić information content (AvgIpc) is 2.52. The highest BCUT2D eigenvalue weighted by atomic mass is 35.5. The van der Waals surface area contributed by atoms with Gasteiger partial charge in [-0.1, -0.05) is 17.7 Å². The molecule has 4 saturated carbocycles. The van der Waals surface area contributed by atoms with E-state index in [1.54, 1.807) is 24.3 Å². The Kier molecular flexibility index (Phi) is 4.82. The van der Waals surface area contributed by atoms with Crippen LogP contribution in [0.4, 0.5) is 10.5 Å². The van der Waals surface area contributed by atoms with Crippen molar-refractivity contribution < 1.29 is 9.59 Å². The molecule has 5 rings (SSSR count). The van der Waals surface area contributed by atoms with Crippen molar-refractivity contribution in [3.8, 4) is 0 Å². The largest absolute Gasteiger partial charge is 0.338 e. The van der Waals surface area contributed by atoms with Crippen molar-refractivity contribution >= 4 is 29.2 Å². The van der Waals surface area contributed by atoms with Gasteiger partial charge in [0.15, 0.2) is 0 Å². The van der Waals surface area contributed by atoms with Crippen LogP contribution >= 0.6 is 11.6 Å². The van der Waals surface area contributed by atoms with E-state index in [9.17, 15) is 9.59 Å². The molecular formula is C20H26ClN3O2. The molecule has 1 aromatic rings. The maximum atomic E-state index is 12.3. The molecule has 26 heavy (non-hydrogen) atoms. The average molecular weight is 376 g/mol. The molecule has 0 saturated heterocycles. The first kappa shape index (κ1) is 17.7.